The summed E-state index contributed by atoms with van der Waals surface area (Å²) in [5.74, 6) is 0.0492. The van der Waals surface area contributed by atoms with E-state index in [1.165, 1.54) is 24.3 Å². The molecular formula is C14H18FNO2. The minimum atomic E-state index is -0.338. The Kier molecular flexibility index (Phi) is 4.09. The van der Waals surface area contributed by atoms with E-state index in [0.29, 0.717) is 18.0 Å². The number of aliphatic hydroxyl groups excluding tert-OH is 1. The molecule has 1 heterocycles. The van der Waals surface area contributed by atoms with Crippen LogP contribution in [0.15, 0.2) is 24.3 Å². The van der Waals surface area contributed by atoms with Crippen LogP contribution in [0.1, 0.15) is 23.7 Å². The van der Waals surface area contributed by atoms with E-state index in [4.69, 9.17) is 0 Å². The van der Waals surface area contributed by atoms with Gasteiger partial charge < -0.3 is 5.11 Å². The molecule has 2 atom stereocenters. The number of hydrogen-bond acceptors (Lipinski definition) is 3. The van der Waals surface area contributed by atoms with Crippen LogP contribution in [0.4, 0.5) is 4.39 Å². The van der Waals surface area contributed by atoms with Crippen molar-refractivity contribution < 1.29 is 14.3 Å². The molecule has 1 aromatic rings. The van der Waals surface area contributed by atoms with Crippen LogP contribution in [-0.4, -0.2) is 41.5 Å². The summed E-state index contributed by atoms with van der Waals surface area (Å²) in [6.45, 7) is 3.29. The van der Waals surface area contributed by atoms with Crippen molar-refractivity contribution >= 4 is 5.78 Å². The second-order valence-corrected chi connectivity index (χ2v) is 4.92. The smallest absolute Gasteiger partial charge is 0.176 e. The maximum atomic E-state index is 12.8. The molecule has 1 aliphatic rings. The minimum Gasteiger partial charge on any atom is -0.395 e. The third-order valence-corrected chi connectivity index (χ3v) is 3.70. The third kappa shape index (κ3) is 2.76. The van der Waals surface area contributed by atoms with Crippen molar-refractivity contribution in [2.75, 3.05) is 19.7 Å². The second-order valence-electron chi connectivity index (χ2n) is 4.92. The number of rotatable bonds is 4. The lowest BCUT2D eigenvalue weighted by molar-refractivity contribution is 0.0866. The van der Waals surface area contributed by atoms with E-state index in [-0.39, 0.29) is 24.2 Å². The molecule has 0 saturated carbocycles. The van der Waals surface area contributed by atoms with Crippen LogP contribution >= 0.6 is 0 Å². The highest BCUT2D eigenvalue weighted by atomic mass is 19.1. The molecule has 3 nitrogen and oxygen atoms in total. The summed E-state index contributed by atoms with van der Waals surface area (Å²) in [7, 11) is 0. The van der Waals surface area contributed by atoms with Crippen LogP contribution in [0.5, 0.6) is 0 Å². The Morgan fingerprint density at radius 3 is 2.72 bits per heavy atom. The van der Waals surface area contributed by atoms with Crippen LogP contribution in [0.2, 0.25) is 0 Å². The van der Waals surface area contributed by atoms with Gasteiger partial charge in [-0.05, 0) is 43.1 Å². The molecule has 0 radical (unpaired) electrons. The van der Waals surface area contributed by atoms with E-state index in [1.54, 1.807) is 0 Å². The van der Waals surface area contributed by atoms with Crippen LogP contribution in [-0.2, 0) is 0 Å². The molecule has 4 heteroatoms. The van der Waals surface area contributed by atoms with Gasteiger partial charge in [-0.25, -0.2) is 4.39 Å². The Morgan fingerprint density at radius 2 is 2.11 bits per heavy atom. The van der Waals surface area contributed by atoms with E-state index in [1.807, 2.05) is 4.90 Å². The van der Waals surface area contributed by atoms with Crippen LogP contribution in [0.25, 0.3) is 0 Å². The normalized spacial score (nSPS) is 24.4. The van der Waals surface area contributed by atoms with Crippen molar-refractivity contribution in [3.63, 3.8) is 0 Å². The fraction of sp³-hybridized carbons (Fsp3) is 0.500. The van der Waals surface area contributed by atoms with Crippen LogP contribution in [0, 0.1) is 11.7 Å². The SMILES string of the molecule is CC1CCN(CC(=O)c2ccc(F)cc2)C1CO. The molecule has 1 aliphatic heterocycles. The first-order valence-electron chi connectivity index (χ1n) is 6.25. The standard InChI is InChI=1S/C14H18FNO2/c1-10-6-7-16(13(10)9-17)8-14(18)11-2-4-12(15)5-3-11/h2-5,10,13,17H,6-9H2,1H3. The summed E-state index contributed by atoms with van der Waals surface area (Å²) in [5, 5.41) is 9.32. The van der Waals surface area contributed by atoms with Crippen molar-refractivity contribution in [1.29, 1.82) is 0 Å². The molecule has 1 aromatic carbocycles. The monoisotopic (exact) mass is 251 g/mol. The number of Topliss-reactive ketones (excluding diaryl/α,β-unsaturated/α-hetero) is 1. The molecular weight excluding hydrogens is 233 g/mol. The van der Waals surface area contributed by atoms with E-state index >= 15 is 0 Å². The zero-order valence-electron chi connectivity index (χ0n) is 10.5. The van der Waals surface area contributed by atoms with Crippen molar-refractivity contribution in [3.05, 3.63) is 35.6 Å². The van der Waals surface area contributed by atoms with Gasteiger partial charge in [0.1, 0.15) is 5.82 Å². The second kappa shape index (κ2) is 5.59. The molecule has 98 valence electrons. The number of nitrogens with zero attached hydrogens (tertiary/aromatic N) is 1. The first kappa shape index (κ1) is 13.2. The fourth-order valence-corrected chi connectivity index (χ4v) is 2.49. The molecule has 1 fully saturated rings. The average Bonchev–Trinajstić information content (AvgIpc) is 2.70. The molecule has 0 amide bonds. The fourth-order valence-electron chi connectivity index (χ4n) is 2.49. The predicted molar refractivity (Wildman–Crippen MR) is 67.0 cm³/mol. The Bertz CT molecular complexity index is 418. The number of aliphatic hydroxyl groups is 1. The van der Waals surface area contributed by atoms with Crippen molar-refractivity contribution in [2.24, 2.45) is 5.92 Å². The molecule has 0 aromatic heterocycles. The van der Waals surface area contributed by atoms with E-state index in [9.17, 15) is 14.3 Å². The summed E-state index contributed by atoms with van der Waals surface area (Å²) in [4.78, 5) is 14.0. The maximum Gasteiger partial charge on any atom is 0.176 e. The molecule has 0 spiro atoms. The number of benzene rings is 1. The molecule has 1 N–H and O–H groups in total. The van der Waals surface area contributed by atoms with E-state index < -0.39 is 0 Å². The Labute approximate surface area is 106 Å². The minimum absolute atomic E-state index is 0.0254. The van der Waals surface area contributed by atoms with E-state index in [2.05, 4.69) is 6.92 Å². The molecule has 0 aliphatic carbocycles. The lowest BCUT2D eigenvalue weighted by Crippen LogP contribution is -2.38. The van der Waals surface area contributed by atoms with Gasteiger partial charge in [0, 0.05) is 11.6 Å². The summed E-state index contributed by atoms with van der Waals surface area (Å²) in [6.07, 6.45) is 1.00. The molecule has 0 bridgehead atoms. The van der Waals surface area contributed by atoms with Gasteiger partial charge in [0.2, 0.25) is 0 Å². The Balaban J connectivity index is 2.01. The van der Waals surface area contributed by atoms with Crippen molar-refractivity contribution in [3.8, 4) is 0 Å². The lowest BCUT2D eigenvalue weighted by atomic mass is 10.0. The Hall–Kier alpha value is -1.26. The summed E-state index contributed by atoms with van der Waals surface area (Å²) >= 11 is 0. The number of hydrogen-bond donors (Lipinski definition) is 1. The van der Waals surface area contributed by atoms with Gasteiger partial charge in [-0.2, -0.15) is 0 Å². The number of ketones is 1. The van der Waals surface area contributed by atoms with Crippen molar-refractivity contribution in [2.45, 2.75) is 19.4 Å². The van der Waals surface area contributed by atoms with Gasteiger partial charge in [-0.1, -0.05) is 6.92 Å². The van der Waals surface area contributed by atoms with Crippen LogP contribution < -0.4 is 0 Å². The number of halogens is 1. The topological polar surface area (TPSA) is 40.5 Å². The van der Waals surface area contributed by atoms with E-state index in [0.717, 1.165) is 13.0 Å². The van der Waals surface area contributed by atoms with Gasteiger partial charge in [0.05, 0.1) is 13.2 Å². The highest BCUT2D eigenvalue weighted by molar-refractivity contribution is 5.97. The zero-order valence-corrected chi connectivity index (χ0v) is 10.5. The first-order valence-corrected chi connectivity index (χ1v) is 6.25. The zero-order chi connectivity index (χ0) is 13.1. The third-order valence-electron chi connectivity index (χ3n) is 3.70. The number of carbonyl (C=O) groups excluding carboxylic acids is 1. The highest BCUT2D eigenvalue weighted by Crippen LogP contribution is 2.23. The Morgan fingerprint density at radius 1 is 1.44 bits per heavy atom. The summed E-state index contributed by atoms with van der Waals surface area (Å²) in [5.41, 5.74) is 0.521. The van der Waals surface area contributed by atoms with Gasteiger partial charge in [0.15, 0.2) is 5.78 Å². The predicted octanol–water partition coefficient (Wildman–Crippen LogP) is 1.71. The van der Waals surface area contributed by atoms with Crippen LogP contribution in [0.3, 0.4) is 0 Å². The average molecular weight is 251 g/mol. The van der Waals surface area contributed by atoms with Crippen molar-refractivity contribution in [1.82, 2.24) is 4.90 Å². The molecule has 2 rings (SSSR count). The maximum absolute atomic E-state index is 12.8. The molecule has 18 heavy (non-hydrogen) atoms. The van der Waals surface area contributed by atoms with Gasteiger partial charge in [-0.15, -0.1) is 0 Å². The lowest BCUT2D eigenvalue weighted by Gasteiger charge is -2.24. The molecule has 2 unspecified atom stereocenters. The highest BCUT2D eigenvalue weighted by Gasteiger charge is 2.31. The molecule has 1 saturated heterocycles. The first-order chi connectivity index (χ1) is 8.61. The summed E-state index contributed by atoms with van der Waals surface area (Å²) < 4.78 is 12.8. The summed E-state index contributed by atoms with van der Waals surface area (Å²) in [6, 6.07) is 5.66. The largest absolute Gasteiger partial charge is 0.395 e. The van der Waals surface area contributed by atoms with Gasteiger partial charge >= 0.3 is 0 Å². The number of likely N-dealkylation sites (tertiary alicyclic amines) is 1. The van der Waals surface area contributed by atoms with Gasteiger partial charge in [-0.3, -0.25) is 9.69 Å². The van der Waals surface area contributed by atoms with Gasteiger partial charge in [0.25, 0.3) is 0 Å². The number of carbonyl (C=O) groups is 1. The quantitative estimate of drug-likeness (QED) is 0.828.